The molecular weight excluding hydrogens is 410 g/mol. The molecule has 1 aliphatic carbocycles. The number of aryl methyl sites for hydroxylation is 1. The molecule has 1 aromatic heterocycles. The number of rotatable bonds is 7. The summed E-state index contributed by atoms with van der Waals surface area (Å²) < 4.78 is 15.8. The molecule has 31 heavy (non-hydrogen) atoms. The van der Waals surface area contributed by atoms with Crippen molar-refractivity contribution in [2.24, 2.45) is 0 Å². The summed E-state index contributed by atoms with van der Waals surface area (Å²) in [6.45, 7) is 2.06. The van der Waals surface area contributed by atoms with Crippen LogP contribution >= 0.6 is 11.5 Å². The largest absolute Gasteiger partial charge is 0.493 e. The molecule has 4 rings (SSSR count). The molecule has 0 saturated heterocycles. The summed E-state index contributed by atoms with van der Waals surface area (Å²) >= 11 is 1.19. The van der Waals surface area contributed by atoms with Gasteiger partial charge in [0.15, 0.2) is 17.3 Å². The number of aromatic nitrogens is 2. The molecule has 0 spiro atoms. The van der Waals surface area contributed by atoms with Gasteiger partial charge in [-0.2, -0.15) is 9.36 Å². The first kappa shape index (κ1) is 21.3. The van der Waals surface area contributed by atoms with Crippen LogP contribution in [0.4, 0.5) is 0 Å². The first-order valence-corrected chi connectivity index (χ1v) is 11.4. The number of methoxy groups -OCH3 is 1. The van der Waals surface area contributed by atoms with Crippen LogP contribution < -0.4 is 14.8 Å². The van der Waals surface area contributed by atoms with Gasteiger partial charge in [-0.3, -0.25) is 4.79 Å². The number of hydrogen-bond acceptors (Lipinski definition) is 6. The van der Waals surface area contributed by atoms with E-state index < -0.39 is 0 Å². The molecule has 7 heteroatoms. The summed E-state index contributed by atoms with van der Waals surface area (Å²) in [4.78, 5) is 17.2. The second kappa shape index (κ2) is 9.92. The Labute approximate surface area is 186 Å². The lowest BCUT2D eigenvalue weighted by Gasteiger charge is -2.22. The lowest BCUT2D eigenvalue weighted by atomic mass is 9.95. The van der Waals surface area contributed by atoms with Crippen LogP contribution in [-0.2, 0) is 6.42 Å². The highest BCUT2D eigenvalue weighted by Gasteiger charge is 2.19. The maximum Gasteiger partial charge on any atom is 0.298 e. The smallest absolute Gasteiger partial charge is 0.298 e. The van der Waals surface area contributed by atoms with Crippen molar-refractivity contribution in [1.82, 2.24) is 14.7 Å². The summed E-state index contributed by atoms with van der Waals surface area (Å²) in [5, 5.41) is 3.56. The fourth-order valence-corrected chi connectivity index (χ4v) is 4.31. The fraction of sp³-hybridized carbons (Fsp3) is 0.375. The highest BCUT2D eigenvalue weighted by Crippen LogP contribution is 2.33. The van der Waals surface area contributed by atoms with E-state index in [1.807, 2.05) is 0 Å². The molecule has 3 aromatic rings. The molecule has 162 valence electrons. The molecule has 1 heterocycles. The van der Waals surface area contributed by atoms with Crippen molar-refractivity contribution in [1.29, 1.82) is 0 Å². The van der Waals surface area contributed by atoms with Crippen molar-refractivity contribution in [2.45, 2.75) is 51.5 Å². The average Bonchev–Trinajstić information content (AvgIpc) is 3.22. The second-order valence-electron chi connectivity index (χ2n) is 7.91. The number of hydrogen-bond donors (Lipinski definition) is 1. The van der Waals surface area contributed by atoms with Crippen LogP contribution in [0, 0.1) is 6.92 Å². The lowest BCUT2D eigenvalue weighted by molar-refractivity contribution is 0.0927. The molecule has 1 aliphatic rings. The normalized spacial score (nSPS) is 14.3. The van der Waals surface area contributed by atoms with E-state index in [-0.39, 0.29) is 11.9 Å². The molecule has 1 fully saturated rings. The summed E-state index contributed by atoms with van der Waals surface area (Å²) in [5.74, 6) is 1.62. The standard InChI is InChI=1S/C24H27N3O3S/c1-16-8-10-17(11-9-16)14-22-26-24(31-27-22)30-21-15-18(12-13-20(21)29-2)23(28)25-19-6-4-3-5-7-19/h8-13,15,19H,3-7,14H2,1-2H3,(H,25,28). The molecule has 0 unspecified atom stereocenters. The molecule has 1 N–H and O–H groups in total. The fourth-order valence-electron chi connectivity index (χ4n) is 3.75. The van der Waals surface area contributed by atoms with Gasteiger partial charge in [0.05, 0.1) is 7.11 Å². The number of benzene rings is 2. The van der Waals surface area contributed by atoms with Gasteiger partial charge >= 0.3 is 0 Å². The highest BCUT2D eigenvalue weighted by molar-refractivity contribution is 7.07. The summed E-state index contributed by atoms with van der Waals surface area (Å²) in [6.07, 6.45) is 6.31. The van der Waals surface area contributed by atoms with Crippen LogP contribution in [0.5, 0.6) is 16.7 Å². The van der Waals surface area contributed by atoms with Crippen LogP contribution in [0.3, 0.4) is 0 Å². The molecule has 0 bridgehead atoms. The van der Waals surface area contributed by atoms with Crippen LogP contribution in [-0.4, -0.2) is 28.4 Å². The number of nitrogens with one attached hydrogen (secondary N) is 1. The van der Waals surface area contributed by atoms with Gasteiger partial charge in [-0.15, -0.1) is 0 Å². The number of carbonyl (C=O) groups excluding carboxylic acids is 1. The quantitative estimate of drug-likeness (QED) is 0.543. The number of amides is 1. The monoisotopic (exact) mass is 437 g/mol. The van der Waals surface area contributed by atoms with Gasteiger partial charge in [-0.05, 0) is 43.5 Å². The van der Waals surface area contributed by atoms with Crippen molar-refractivity contribution in [3.8, 4) is 16.7 Å². The highest BCUT2D eigenvalue weighted by atomic mass is 32.1. The molecule has 0 radical (unpaired) electrons. The van der Waals surface area contributed by atoms with Gasteiger partial charge in [-0.25, -0.2) is 0 Å². The molecule has 0 aliphatic heterocycles. The predicted octanol–water partition coefficient (Wildman–Crippen LogP) is 5.30. The van der Waals surface area contributed by atoms with Crippen molar-refractivity contribution in [3.63, 3.8) is 0 Å². The molecule has 0 atom stereocenters. The van der Waals surface area contributed by atoms with Gasteiger partial charge in [0.25, 0.3) is 11.1 Å². The molecule has 1 saturated carbocycles. The topological polar surface area (TPSA) is 73.3 Å². The maximum atomic E-state index is 12.7. The van der Waals surface area contributed by atoms with Crippen molar-refractivity contribution in [2.75, 3.05) is 7.11 Å². The van der Waals surface area contributed by atoms with Crippen LogP contribution in [0.1, 0.15) is 59.4 Å². The van der Waals surface area contributed by atoms with E-state index in [1.165, 1.54) is 36.4 Å². The van der Waals surface area contributed by atoms with Gasteiger partial charge < -0.3 is 14.8 Å². The summed E-state index contributed by atoms with van der Waals surface area (Å²) in [6, 6.07) is 13.8. The Bertz CT molecular complexity index is 1030. The third-order valence-corrected chi connectivity index (χ3v) is 6.13. The van der Waals surface area contributed by atoms with Crippen LogP contribution in [0.25, 0.3) is 0 Å². The molecule has 1 amide bonds. The summed E-state index contributed by atoms with van der Waals surface area (Å²) in [5.41, 5.74) is 2.91. The lowest BCUT2D eigenvalue weighted by Crippen LogP contribution is -2.36. The van der Waals surface area contributed by atoms with Gasteiger partial charge in [0.1, 0.15) is 0 Å². The third-order valence-electron chi connectivity index (χ3n) is 5.50. The van der Waals surface area contributed by atoms with E-state index in [0.29, 0.717) is 34.5 Å². The van der Waals surface area contributed by atoms with E-state index in [4.69, 9.17) is 9.47 Å². The minimum Gasteiger partial charge on any atom is -0.493 e. The number of ether oxygens (including phenoxy) is 2. The number of carbonyl (C=O) groups is 1. The van der Waals surface area contributed by atoms with Crippen molar-refractivity contribution >= 4 is 17.4 Å². The van der Waals surface area contributed by atoms with Gasteiger partial charge in [0.2, 0.25) is 0 Å². The van der Waals surface area contributed by atoms with E-state index in [2.05, 4.69) is 45.9 Å². The van der Waals surface area contributed by atoms with Crippen molar-refractivity contribution in [3.05, 3.63) is 65.0 Å². The Kier molecular flexibility index (Phi) is 6.82. The summed E-state index contributed by atoms with van der Waals surface area (Å²) in [7, 11) is 1.58. The third kappa shape index (κ3) is 5.61. The minimum atomic E-state index is -0.0864. The van der Waals surface area contributed by atoms with Crippen molar-refractivity contribution < 1.29 is 14.3 Å². The number of nitrogens with zero attached hydrogens (tertiary/aromatic N) is 2. The van der Waals surface area contributed by atoms with Crippen LogP contribution in [0.2, 0.25) is 0 Å². The maximum absolute atomic E-state index is 12.7. The van der Waals surface area contributed by atoms with E-state index in [9.17, 15) is 4.79 Å². The molecular formula is C24H27N3O3S. The van der Waals surface area contributed by atoms with E-state index in [1.54, 1.807) is 25.3 Å². The van der Waals surface area contributed by atoms with Gasteiger partial charge in [0, 0.05) is 29.6 Å². The zero-order valence-corrected chi connectivity index (χ0v) is 18.7. The van der Waals surface area contributed by atoms with E-state index in [0.717, 1.165) is 18.4 Å². The zero-order chi connectivity index (χ0) is 21.6. The SMILES string of the molecule is COc1ccc(C(=O)NC2CCCCC2)cc1Oc1nc(Cc2ccc(C)cc2)ns1. The first-order valence-electron chi connectivity index (χ1n) is 10.7. The Balaban J connectivity index is 1.45. The van der Waals surface area contributed by atoms with E-state index >= 15 is 0 Å². The Hall–Kier alpha value is -2.93. The van der Waals surface area contributed by atoms with Gasteiger partial charge in [-0.1, -0.05) is 49.1 Å². The Morgan fingerprint density at radius 2 is 1.87 bits per heavy atom. The second-order valence-corrected chi connectivity index (χ2v) is 8.63. The predicted molar refractivity (Wildman–Crippen MR) is 121 cm³/mol. The average molecular weight is 438 g/mol. The van der Waals surface area contributed by atoms with Crippen LogP contribution in [0.15, 0.2) is 42.5 Å². The first-order chi connectivity index (χ1) is 15.1. The molecule has 6 nitrogen and oxygen atoms in total. The Morgan fingerprint density at radius 1 is 1.10 bits per heavy atom. The molecule has 2 aromatic carbocycles. The zero-order valence-electron chi connectivity index (χ0n) is 17.9. The minimum absolute atomic E-state index is 0.0864. The Morgan fingerprint density at radius 3 is 2.61 bits per heavy atom.